The minimum Gasteiger partial charge on any atom is -0.445 e. The molecule has 0 saturated carbocycles. The van der Waals surface area contributed by atoms with Crippen molar-refractivity contribution in [2.24, 2.45) is 5.92 Å². The van der Waals surface area contributed by atoms with Gasteiger partial charge in [-0.05, 0) is 68.2 Å². The molecular weight excluding hydrogens is 374 g/mol. The van der Waals surface area contributed by atoms with Crippen LogP contribution in [-0.4, -0.2) is 28.9 Å². The van der Waals surface area contributed by atoms with Crippen LogP contribution >= 0.6 is 0 Å². The zero-order chi connectivity index (χ0) is 21.1. The van der Waals surface area contributed by atoms with Crippen LogP contribution in [0.3, 0.4) is 0 Å². The Bertz CT molecular complexity index is 894. The average molecular weight is 406 g/mol. The minimum absolute atomic E-state index is 0.0402. The minimum atomic E-state index is -0.228. The molecule has 2 heterocycles. The van der Waals surface area contributed by atoms with Crippen molar-refractivity contribution >= 4 is 11.9 Å². The summed E-state index contributed by atoms with van der Waals surface area (Å²) in [6, 6.07) is 16.2. The third kappa shape index (κ3) is 4.43. The molecule has 4 rings (SSSR count). The Hall–Kier alpha value is -2.62. The monoisotopic (exact) mass is 405 g/mol. The summed E-state index contributed by atoms with van der Waals surface area (Å²) in [4.78, 5) is 27.9. The van der Waals surface area contributed by atoms with Crippen LogP contribution in [0, 0.1) is 19.8 Å². The van der Waals surface area contributed by atoms with Crippen LogP contribution in [0.25, 0.3) is 0 Å². The summed E-state index contributed by atoms with van der Waals surface area (Å²) in [6.45, 7) is 4.48. The topological polar surface area (TPSA) is 46.6 Å². The summed E-state index contributed by atoms with van der Waals surface area (Å²) in [5, 5.41) is 0. The van der Waals surface area contributed by atoms with E-state index in [0.29, 0.717) is 18.8 Å². The zero-order valence-electron chi connectivity index (χ0n) is 18.0. The molecule has 2 atom stereocenters. The number of aryl methyl sites for hydroxylation is 1. The van der Waals surface area contributed by atoms with Gasteiger partial charge in [0, 0.05) is 24.4 Å². The van der Waals surface area contributed by atoms with Crippen molar-refractivity contribution in [3.63, 3.8) is 0 Å². The van der Waals surface area contributed by atoms with E-state index in [-0.39, 0.29) is 24.1 Å². The van der Waals surface area contributed by atoms with E-state index < -0.39 is 0 Å². The Morgan fingerprint density at radius 1 is 0.967 bits per heavy atom. The van der Waals surface area contributed by atoms with Crippen LogP contribution in [0.2, 0.25) is 0 Å². The molecular formula is C26H31NO3. The van der Waals surface area contributed by atoms with Crippen molar-refractivity contribution < 1.29 is 14.3 Å². The molecule has 2 bridgehead atoms. The summed E-state index contributed by atoms with van der Waals surface area (Å²) < 4.78 is 5.63. The summed E-state index contributed by atoms with van der Waals surface area (Å²) >= 11 is 0. The Morgan fingerprint density at radius 3 is 2.37 bits per heavy atom. The summed E-state index contributed by atoms with van der Waals surface area (Å²) in [6.07, 6.45) is 4.84. The number of amides is 1. The van der Waals surface area contributed by atoms with Crippen molar-refractivity contribution in [3.05, 3.63) is 70.8 Å². The van der Waals surface area contributed by atoms with Gasteiger partial charge in [0.05, 0.1) is 0 Å². The van der Waals surface area contributed by atoms with Gasteiger partial charge in [-0.1, -0.05) is 48.5 Å². The number of carbonyl (C=O) groups excluding carboxylic acids is 2. The van der Waals surface area contributed by atoms with E-state index in [9.17, 15) is 9.59 Å². The Labute approximate surface area is 179 Å². The number of piperidine rings is 2. The molecule has 2 aromatic carbocycles. The predicted molar refractivity (Wildman–Crippen MR) is 117 cm³/mol. The van der Waals surface area contributed by atoms with Gasteiger partial charge in [-0.3, -0.25) is 4.79 Å². The highest BCUT2D eigenvalue weighted by atomic mass is 16.6. The van der Waals surface area contributed by atoms with E-state index in [2.05, 4.69) is 26.0 Å². The van der Waals surface area contributed by atoms with Crippen molar-refractivity contribution in [2.75, 3.05) is 0 Å². The van der Waals surface area contributed by atoms with Crippen LogP contribution in [0.5, 0.6) is 0 Å². The molecule has 2 saturated heterocycles. The molecule has 30 heavy (non-hydrogen) atoms. The highest BCUT2D eigenvalue weighted by molar-refractivity contribution is 5.84. The number of carbonyl (C=O) groups is 2. The molecule has 0 N–H and O–H groups in total. The lowest BCUT2D eigenvalue weighted by atomic mass is 9.76. The van der Waals surface area contributed by atoms with E-state index in [1.54, 1.807) is 0 Å². The van der Waals surface area contributed by atoms with Gasteiger partial charge in [0.15, 0.2) is 0 Å². The molecule has 4 nitrogen and oxygen atoms in total. The first kappa shape index (κ1) is 20.6. The summed E-state index contributed by atoms with van der Waals surface area (Å²) in [5.41, 5.74) is 4.57. The molecule has 2 aliphatic rings. The molecule has 0 spiro atoms. The number of ketones is 1. The van der Waals surface area contributed by atoms with Crippen LogP contribution < -0.4 is 0 Å². The van der Waals surface area contributed by atoms with Gasteiger partial charge in [0.25, 0.3) is 0 Å². The first-order valence-corrected chi connectivity index (χ1v) is 11.1. The number of benzene rings is 2. The van der Waals surface area contributed by atoms with E-state index >= 15 is 0 Å². The quantitative estimate of drug-likeness (QED) is 0.670. The standard InChI is InChI=1S/C26H31NO3/c1-18-8-6-11-21(19(18)2)16-25(28)22-14-23-12-7-13-24(15-22)27(23)26(29)30-17-20-9-4-3-5-10-20/h3-6,8-11,22-24H,7,12-17H2,1-2H3. The van der Waals surface area contributed by atoms with E-state index in [1.165, 1.54) is 11.1 Å². The Balaban J connectivity index is 1.39. The highest BCUT2D eigenvalue weighted by Crippen LogP contribution is 2.38. The molecule has 158 valence electrons. The summed E-state index contributed by atoms with van der Waals surface area (Å²) in [7, 11) is 0. The molecule has 1 amide bonds. The first-order chi connectivity index (χ1) is 14.5. The molecule has 2 fully saturated rings. The third-order valence-electron chi connectivity index (χ3n) is 6.93. The fourth-order valence-electron chi connectivity index (χ4n) is 5.07. The first-order valence-electron chi connectivity index (χ1n) is 11.1. The second-order valence-electron chi connectivity index (χ2n) is 8.86. The van der Waals surface area contributed by atoms with E-state index in [4.69, 9.17) is 4.74 Å². The largest absolute Gasteiger partial charge is 0.445 e. The maximum atomic E-state index is 13.1. The lowest BCUT2D eigenvalue weighted by Crippen LogP contribution is -2.55. The van der Waals surface area contributed by atoms with E-state index in [0.717, 1.165) is 43.2 Å². The Morgan fingerprint density at radius 2 is 1.67 bits per heavy atom. The lowest BCUT2D eigenvalue weighted by molar-refractivity contribution is -0.126. The molecule has 2 aromatic rings. The number of Topliss-reactive ketones (excluding diaryl/α,β-unsaturated/α-hetero) is 1. The van der Waals surface area contributed by atoms with Gasteiger partial charge >= 0.3 is 6.09 Å². The fourth-order valence-corrected chi connectivity index (χ4v) is 5.07. The zero-order valence-corrected chi connectivity index (χ0v) is 18.0. The van der Waals surface area contributed by atoms with Crippen LogP contribution in [-0.2, 0) is 22.6 Å². The number of rotatable bonds is 5. The van der Waals surface area contributed by atoms with Gasteiger partial charge in [0.1, 0.15) is 12.4 Å². The molecule has 4 heteroatoms. The van der Waals surface area contributed by atoms with Gasteiger partial charge < -0.3 is 9.64 Å². The highest BCUT2D eigenvalue weighted by Gasteiger charge is 2.43. The predicted octanol–water partition coefficient (Wildman–Crippen LogP) is 5.38. The maximum absolute atomic E-state index is 13.1. The number of hydrogen-bond acceptors (Lipinski definition) is 3. The molecule has 0 aliphatic carbocycles. The van der Waals surface area contributed by atoms with Gasteiger partial charge in [0.2, 0.25) is 0 Å². The van der Waals surface area contributed by atoms with Crippen molar-refractivity contribution in [1.82, 2.24) is 4.90 Å². The third-order valence-corrected chi connectivity index (χ3v) is 6.93. The number of nitrogens with zero attached hydrogens (tertiary/aromatic N) is 1. The second-order valence-corrected chi connectivity index (χ2v) is 8.86. The van der Waals surface area contributed by atoms with Gasteiger partial charge in [-0.25, -0.2) is 4.79 Å². The van der Waals surface area contributed by atoms with Gasteiger partial charge in [-0.15, -0.1) is 0 Å². The van der Waals surface area contributed by atoms with Crippen molar-refractivity contribution in [1.29, 1.82) is 0 Å². The lowest BCUT2D eigenvalue weighted by Gasteiger charge is -2.47. The van der Waals surface area contributed by atoms with Gasteiger partial charge in [-0.2, -0.15) is 0 Å². The number of hydrogen-bond donors (Lipinski definition) is 0. The molecule has 2 unspecified atom stereocenters. The van der Waals surface area contributed by atoms with Crippen LogP contribution in [0.4, 0.5) is 4.79 Å². The second kappa shape index (κ2) is 9.03. The van der Waals surface area contributed by atoms with Crippen LogP contribution in [0.1, 0.15) is 54.4 Å². The van der Waals surface area contributed by atoms with E-state index in [1.807, 2.05) is 41.3 Å². The molecule has 0 aromatic heterocycles. The number of fused-ring (bicyclic) bond motifs is 2. The fraction of sp³-hybridized carbons (Fsp3) is 0.462. The van der Waals surface area contributed by atoms with Crippen molar-refractivity contribution in [3.8, 4) is 0 Å². The SMILES string of the molecule is Cc1cccc(CC(=O)C2CC3CCCC(C2)N3C(=O)OCc2ccccc2)c1C. The number of ether oxygens (including phenoxy) is 1. The van der Waals surface area contributed by atoms with Crippen molar-refractivity contribution in [2.45, 2.75) is 71.1 Å². The molecule has 0 radical (unpaired) electrons. The Kier molecular flexibility index (Phi) is 6.21. The maximum Gasteiger partial charge on any atom is 0.410 e. The molecule has 2 aliphatic heterocycles. The summed E-state index contributed by atoms with van der Waals surface area (Å²) in [5.74, 6) is 0.358. The van der Waals surface area contributed by atoms with Crippen LogP contribution in [0.15, 0.2) is 48.5 Å². The smallest absolute Gasteiger partial charge is 0.410 e. The normalized spacial score (nSPS) is 23.1. The average Bonchev–Trinajstić information content (AvgIpc) is 2.75.